The Labute approximate surface area is 68.8 Å². The predicted molar refractivity (Wildman–Crippen MR) is 44.6 cm³/mol. The number of nitrogens with zero attached hydrogens (tertiary/aromatic N) is 1. The van der Waals surface area contributed by atoms with E-state index in [4.69, 9.17) is 0 Å². The summed E-state index contributed by atoms with van der Waals surface area (Å²) in [6.07, 6.45) is 3.18. The second-order valence-corrected chi connectivity index (χ2v) is 2.75. The van der Waals surface area contributed by atoms with Gasteiger partial charge in [-0.2, -0.15) is 0 Å². The number of carbonyl (C=O) groups excluding carboxylic acids is 1. The Bertz CT molecular complexity index is 243. The van der Waals surface area contributed by atoms with Crippen molar-refractivity contribution < 1.29 is 4.79 Å². The van der Waals surface area contributed by atoms with Gasteiger partial charge in [-0.1, -0.05) is 6.08 Å². The Kier molecular flexibility index (Phi) is 2.80. The number of amides is 1. The van der Waals surface area contributed by atoms with Crippen molar-refractivity contribution >= 4 is 17.2 Å². The molecule has 0 radical (unpaired) electrons. The number of nitrogens with one attached hydrogen (secondary N) is 1. The van der Waals surface area contributed by atoms with Gasteiger partial charge in [-0.15, -0.1) is 17.9 Å². The Morgan fingerprint density at radius 3 is 3.27 bits per heavy atom. The first-order valence-electron chi connectivity index (χ1n) is 3.12. The summed E-state index contributed by atoms with van der Waals surface area (Å²) in [5.41, 5.74) is 1.63. The topological polar surface area (TPSA) is 42.0 Å². The number of hydrogen-bond donors (Lipinski definition) is 1. The molecule has 1 aromatic rings. The molecule has 1 rings (SSSR count). The maximum atomic E-state index is 11.1. The largest absolute Gasteiger partial charge is 0.348 e. The maximum absolute atomic E-state index is 11.1. The average Bonchev–Trinajstić information content (AvgIpc) is 2.52. The summed E-state index contributed by atoms with van der Waals surface area (Å²) in [4.78, 5) is 15.5. The van der Waals surface area contributed by atoms with E-state index in [1.807, 2.05) is 0 Å². The van der Waals surface area contributed by atoms with Crippen LogP contribution in [-0.2, 0) is 0 Å². The van der Waals surface area contributed by atoms with E-state index >= 15 is 0 Å². The van der Waals surface area contributed by atoms with Gasteiger partial charge in [0, 0.05) is 6.54 Å². The van der Waals surface area contributed by atoms with Crippen LogP contribution in [0.5, 0.6) is 0 Å². The molecule has 1 amide bonds. The number of hydrogen-bond acceptors (Lipinski definition) is 3. The van der Waals surface area contributed by atoms with Crippen molar-refractivity contribution in [2.45, 2.75) is 0 Å². The molecule has 0 aromatic carbocycles. The van der Waals surface area contributed by atoms with Gasteiger partial charge in [0.15, 0.2) is 0 Å². The molecular formula is C7H8N2OS. The summed E-state index contributed by atoms with van der Waals surface area (Å²) in [6, 6.07) is 0. The van der Waals surface area contributed by atoms with Gasteiger partial charge in [-0.3, -0.25) is 9.78 Å². The van der Waals surface area contributed by atoms with Crippen LogP contribution in [0.15, 0.2) is 24.4 Å². The molecule has 3 nitrogen and oxygen atoms in total. The SMILES string of the molecule is C=CCNC(=O)c1cncs1. The van der Waals surface area contributed by atoms with E-state index in [2.05, 4.69) is 16.9 Å². The van der Waals surface area contributed by atoms with Gasteiger partial charge in [0.05, 0.1) is 11.7 Å². The Morgan fingerprint density at radius 1 is 1.91 bits per heavy atom. The van der Waals surface area contributed by atoms with E-state index in [-0.39, 0.29) is 5.91 Å². The van der Waals surface area contributed by atoms with Crippen LogP contribution in [0.3, 0.4) is 0 Å². The minimum Gasteiger partial charge on any atom is -0.348 e. The third kappa shape index (κ3) is 2.16. The Morgan fingerprint density at radius 2 is 2.73 bits per heavy atom. The molecule has 4 heteroatoms. The summed E-state index contributed by atoms with van der Waals surface area (Å²) in [5.74, 6) is -0.0904. The molecule has 0 spiro atoms. The third-order valence-electron chi connectivity index (χ3n) is 1.06. The molecule has 1 N–H and O–H groups in total. The smallest absolute Gasteiger partial charge is 0.263 e. The molecule has 1 aromatic heterocycles. The van der Waals surface area contributed by atoms with Crippen molar-refractivity contribution in [2.24, 2.45) is 0 Å². The van der Waals surface area contributed by atoms with Crippen LogP contribution in [0.25, 0.3) is 0 Å². The number of rotatable bonds is 3. The summed E-state index contributed by atoms with van der Waals surface area (Å²) >= 11 is 1.32. The zero-order valence-corrected chi connectivity index (χ0v) is 6.73. The van der Waals surface area contributed by atoms with Crippen molar-refractivity contribution in [1.82, 2.24) is 10.3 Å². The monoisotopic (exact) mass is 168 g/mol. The molecule has 0 unspecified atom stereocenters. The van der Waals surface area contributed by atoms with Crippen LogP contribution in [0.2, 0.25) is 0 Å². The van der Waals surface area contributed by atoms with Gasteiger partial charge in [0.1, 0.15) is 4.88 Å². The van der Waals surface area contributed by atoms with Crippen molar-refractivity contribution in [2.75, 3.05) is 6.54 Å². The fourth-order valence-electron chi connectivity index (χ4n) is 0.580. The van der Waals surface area contributed by atoms with Crippen LogP contribution in [-0.4, -0.2) is 17.4 Å². The normalized spacial score (nSPS) is 9.09. The van der Waals surface area contributed by atoms with Gasteiger partial charge >= 0.3 is 0 Å². The average molecular weight is 168 g/mol. The van der Waals surface area contributed by atoms with Crippen LogP contribution >= 0.6 is 11.3 Å². The van der Waals surface area contributed by atoms with Crippen molar-refractivity contribution in [3.63, 3.8) is 0 Å². The number of carbonyl (C=O) groups is 1. The molecule has 0 bridgehead atoms. The zero-order chi connectivity index (χ0) is 8.10. The molecule has 58 valence electrons. The second-order valence-electron chi connectivity index (χ2n) is 1.86. The lowest BCUT2D eigenvalue weighted by Gasteiger charge is -1.96. The first-order chi connectivity index (χ1) is 5.34. The summed E-state index contributed by atoms with van der Waals surface area (Å²) < 4.78 is 0. The zero-order valence-electron chi connectivity index (χ0n) is 5.91. The highest BCUT2D eigenvalue weighted by atomic mass is 32.1. The minimum absolute atomic E-state index is 0.0904. The first kappa shape index (κ1) is 7.94. The van der Waals surface area contributed by atoms with E-state index in [1.165, 1.54) is 11.3 Å². The van der Waals surface area contributed by atoms with Gasteiger partial charge in [-0.25, -0.2) is 0 Å². The van der Waals surface area contributed by atoms with E-state index in [0.29, 0.717) is 11.4 Å². The third-order valence-corrected chi connectivity index (χ3v) is 1.83. The molecule has 0 fully saturated rings. The minimum atomic E-state index is -0.0904. The van der Waals surface area contributed by atoms with Gasteiger partial charge in [0.2, 0.25) is 0 Å². The van der Waals surface area contributed by atoms with Gasteiger partial charge in [-0.05, 0) is 0 Å². The van der Waals surface area contributed by atoms with Crippen molar-refractivity contribution in [3.8, 4) is 0 Å². The molecule has 11 heavy (non-hydrogen) atoms. The Hall–Kier alpha value is -1.16. The van der Waals surface area contributed by atoms with Crippen LogP contribution in [0.1, 0.15) is 9.67 Å². The van der Waals surface area contributed by atoms with E-state index in [1.54, 1.807) is 17.8 Å². The highest BCUT2D eigenvalue weighted by Crippen LogP contribution is 2.03. The molecular weight excluding hydrogens is 160 g/mol. The van der Waals surface area contributed by atoms with Crippen molar-refractivity contribution in [3.05, 3.63) is 29.2 Å². The van der Waals surface area contributed by atoms with Crippen LogP contribution in [0, 0.1) is 0 Å². The second kappa shape index (κ2) is 3.88. The van der Waals surface area contributed by atoms with E-state index in [0.717, 1.165) is 0 Å². The van der Waals surface area contributed by atoms with Gasteiger partial charge in [0.25, 0.3) is 5.91 Å². The molecule has 1 heterocycles. The maximum Gasteiger partial charge on any atom is 0.263 e. The van der Waals surface area contributed by atoms with Crippen LogP contribution in [0.4, 0.5) is 0 Å². The standard InChI is InChI=1S/C7H8N2OS/c1-2-3-9-7(10)6-4-8-5-11-6/h2,4-5H,1,3H2,(H,9,10). The molecule has 0 aliphatic carbocycles. The first-order valence-corrected chi connectivity index (χ1v) is 4.00. The molecule has 0 atom stereocenters. The van der Waals surface area contributed by atoms with E-state index < -0.39 is 0 Å². The lowest BCUT2D eigenvalue weighted by Crippen LogP contribution is -2.21. The molecule has 0 aliphatic rings. The summed E-state index contributed by atoms with van der Waals surface area (Å²) in [6.45, 7) is 3.98. The highest BCUT2D eigenvalue weighted by Gasteiger charge is 2.03. The Balaban J connectivity index is 2.49. The quantitative estimate of drug-likeness (QED) is 0.686. The molecule has 0 saturated heterocycles. The lowest BCUT2D eigenvalue weighted by molar-refractivity contribution is 0.0962. The van der Waals surface area contributed by atoms with Crippen molar-refractivity contribution in [1.29, 1.82) is 0 Å². The number of aromatic nitrogens is 1. The fraction of sp³-hybridized carbons (Fsp3) is 0.143. The summed E-state index contributed by atoms with van der Waals surface area (Å²) in [5, 5.41) is 2.65. The van der Waals surface area contributed by atoms with E-state index in [9.17, 15) is 4.79 Å². The summed E-state index contributed by atoms with van der Waals surface area (Å²) in [7, 11) is 0. The molecule has 0 aliphatic heterocycles. The fourth-order valence-corrected chi connectivity index (χ4v) is 1.12. The molecule has 0 saturated carbocycles. The predicted octanol–water partition coefficient (Wildman–Crippen LogP) is 1.06. The van der Waals surface area contributed by atoms with Gasteiger partial charge < -0.3 is 5.32 Å². The lowest BCUT2D eigenvalue weighted by atomic mass is 10.5. The highest BCUT2D eigenvalue weighted by molar-refractivity contribution is 7.11. The number of thiazole rings is 1. The van der Waals surface area contributed by atoms with Crippen LogP contribution < -0.4 is 5.32 Å².